The van der Waals surface area contributed by atoms with Crippen LogP contribution in [0.2, 0.25) is 0 Å². The number of nitrogens with zero attached hydrogens (tertiary/aromatic N) is 1. The van der Waals surface area contributed by atoms with Gasteiger partial charge in [0, 0.05) is 18.2 Å². The maximum absolute atomic E-state index is 12.9. The Bertz CT molecular complexity index is 969. The lowest BCUT2D eigenvalue weighted by Crippen LogP contribution is -2.31. The van der Waals surface area contributed by atoms with E-state index in [1.807, 2.05) is 0 Å². The van der Waals surface area contributed by atoms with E-state index in [9.17, 15) is 19.7 Å². The summed E-state index contributed by atoms with van der Waals surface area (Å²) in [5.41, 5.74) is 0.381. The highest BCUT2D eigenvalue weighted by Gasteiger charge is 2.27. The number of carbonyl (C=O) groups excluding carboxylic acids is 2. The molecule has 2 unspecified atom stereocenters. The van der Waals surface area contributed by atoms with E-state index >= 15 is 0 Å². The molecule has 1 fully saturated rings. The van der Waals surface area contributed by atoms with Crippen molar-refractivity contribution in [1.29, 1.82) is 0 Å². The minimum atomic E-state index is -0.930. The minimum Gasteiger partial charge on any atom is -0.491 e. The molecule has 1 heterocycles. The molecule has 9 nitrogen and oxygen atoms in total. The van der Waals surface area contributed by atoms with E-state index in [0.717, 1.165) is 19.4 Å². The van der Waals surface area contributed by atoms with Crippen LogP contribution in [0.4, 0.5) is 5.69 Å². The number of nitrogens with one attached hydrogen (secondary N) is 1. The molecule has 2 atom stereocenters. The van der Waals surface area contributed by atoms with Crippen molar-refractivity contribution in [2.45, 2.75) is 51.4 Å². The number of benzene rings is 2. The molecular formula is C24H28N2O7. The zero-order chi connectivity index (χ0) is 23.8. The Hall–Kier alpha value is -3.46. The van der Waals surface area contributed by atoms with Gasteiger partial charge < -0.3 is 19.5 Å². The van der Waals surface area contributed by atoms with Crippen molar-refractivity contribution in [3.05, 3.63) is 69.8 Å². The normalized spacial score (nSPS) is 16.3. The smallest absolute Gasteiger partial charge is 0.308 e. The number of nitro groups is 1. The Balaban J connectivity index is 1.72. The monoisotopic (exact) mass is 456 g/mol. The van der Waals surface area contributed by atoms with Crippen LogP contribution in [-0.2, 0) is 14.3 Å². The highest BCUT2D eigenvalue weighted by molar-refractivity contribution is 5.95. The zero-order valence-electron chi connectivity index (χ0n) is 18.7. The molecule has 176 valence electrons. The molecule has 0 radical (unpaired) electrons. The highest BCUT2D eigenvalue weighted by Crippen LogP contribution is 2.28. The number of para-hydroxylation sites is 1. The molecule has 0 bridgehead atoms. The quantitative estimate of drug-likeness (QED) is 0.327. The van der Waals surface area contributed by atoms with Gasteiger partial charge >= 0.3 is 5.97 Å². The van der Waals surface area contributed by atoms with E-state index in [4.69, 9.17) is 14.2 Å². The van der Waals surface area contributed by atoms with E-state index in [-0.39, 0.29) is 29.9 Å². The van der Waals surface area contributed by atoms with Gasteiger partial charge in [-0.05, 0) is 51.0 Å². The second-order valence-electron chi connectivity index (χ2n) is 8.06. The molecule has 0 spiro atoms. The summed E-state index contributed by atoms with van der Waals surface area (Å²) < 4.78 is 16.4. The van der Waals surface area contributed by atoms with Crippen molar-refractivity contribution in [2.24, 2.45) is 0 Å². The number of amides is 1. The molecule has 0 aromatic heterocycles. The van der Waals surface area contributed by atoms with Gasteiger partial charge in [-0.25, -0.2) is 0 Å². The lowest BCUT2D eigenvalue weighted by molar-refractivity contribution is -0.385. The van der Waals surface area contributed by atoms with Crippen LogP contribution in [-0.4, -0.2) is 42.2 Å². The minimum absolute atomic E-state index is 0.0843. The lowest BCUT2D eigenvalue weighted by Gasteiger charge is -2.19. The van der Waals surface area contributed by atoms with Crippen molar-refractivity contribution in [3.63, 3.8) is 0 Å². The number of rotatable bonds is 10. The molecule has 2 aromatic rings. The summed E-state index contributed by atoms with van der Waals surface area (Å²) >= 11 is 0. The summed E-state index contributed by atoms with van der Waals surface area (Å²) in [5.74, 6) is -0.426. The molecule has 9 heteroatoms. The molecule has 1 aliphatic rings. The average molecular weight is 456 g/mol. The second-order valence-corrected chi connectivity index (χ2v) is 8.06. The third kappa shape index (κ3) is 7.01. The molecular weight excluding hydrogens is 428 g/mol. The maximum atomic E-state index is 12.9. The number of carbonyl (C=O) groups is 2. The summed E-state index contributed by atoms with van der Waals surface area (Å²) in [6.07, 6.45) is 1.49. The summed E-state index contributed by atoms with van der Waals surface area (Å²) in [6, 6.07) is 11.6. The van der Waals surface area contributed by atoms with Crippen molar-refractivity contribution >= 4 is 17.6 Å². The molecule has 1 aliphatic heterocycles. The first-order valence-electron chi connectivity index (χ1n) is 10.9. The van der Waals surface area contributed by atoms with E-state index in [1.165, 1.54) is 18.2 Å². The zero-order valence-corrected chi connectivity index (χ0v) is 18.7. The molecule has 1 amide bonds. The van der Waals surface area contributed by atoms with Crippen LogP contribution in [0.25, 0.3) is 0 Å². The number of ether oxygens (including phenoxy) is 3. The van der Waals surface area contributed by atoms with Gasteiger partial charge in [-0.15, -0.1) is 0 Å². The number of esters is 1. The SMILES string of the molecule is CC(C)OC(=O)CC(NC(=O)c1ccc(OCC2CCCO2)cc1)c1ccccc1[N+](=O)[O-]. The molecule has 1 saturated heterocycles. The molecule has 1 N–H and O–H groups in total. The van der Waals surface area contributed by atoms with Crippen LogP contribution in [0.3, 0.4) is 0 Å². The largest absolute Gasteiger partial charge is 0.491 e. The highest BCUT2D eigenvalue weighted by atomic mass is 16.6. The molecule has 3 rings (SSSR count). The summed E-state index contributed by atoms with van der Waals surface area (Å²) in [7, 11) is 0. The van der Waals surface area contributed by atoms with Gasteiger partial charge in [-0.2, -0.15) is 0 Å². The Kier molecular flexibility index (Phi) is 8.37. The van der Waals surface area contributed by atoms with Gasteiger partial charge in [0.15, 0.2) is 0 Å². The molecule has 0 aliphatic carbocycles. The van der Waals surface area contributed by atoms with Crippen molar-refractivity contribution in [1.82, 2.24) is 5.32 Å². The molecule has 0 saturated carbocycles. The van der Waals surface area contributed by atoms with Gasteiger partial charge in [0.25, 0.3) is 11.6 Å². The topological polar surface area (TPSA) is 117 Å². The van der Waals surface area contributed by atoms with Crippen LogP contribution < -0.4 is 10.1 Å². The Morgan fingerprint density at radius 1 is 1.18 bits per heavy atom. The Morgan fingerprint density at radius 2 is 1.91 bits per heavy atom. The van der Waals surface area contributed by atoms with Crippen molar-refractivity contribution in [3.8, 4) is 5.75 Å². The fourth-order valence-corrected chi connectivity index (χ4v) is 3.57. The van der Waals surface area contributed by atoms with Gasteiger partial charge in [0.2, 0.25) is 0 Å². The third-order valence-corrected chi connectivity index (χ3v) is 5.13. The first kappa shape index (κ1) is 24.2. The van der Waals surface area contributed by atoms with Crippen molar-refractivity contribution < 1.29 is 28.7 Å². The average Bonchev–Trinajstić information content (AvgIpc) is 3.30. The molecule has 33 heavy (non-hydrogen) atoms. The third-order valence-electron chi connectivity index (χ3n) is 5.13. The van der Waals surface area contributed by atoms with Crippen molar-refractivity contribution in [2.75, 3.05) is 13.2 Å². The lowest BCUT2D eigenvalue weighted by atomic mass is 10.0. The number of hydrogen-bond donors (Lipinski definition) is 1. The summed E-state index contributed by atoms with van der Waals surface area (Å²) in [4.78, 5) is 36.1. The Labute approximate surface area is 192 Å². The Morgan fingerprint density at radius 3 is 2.55 bits per heavy atom. The van der Waals surface area contributed by atoms with E-state index in [2.05, 4.69) is 5.32 Å². The predicted molar refractivity (Wildman–Crippen MR) is 120 cm³/mol. The first-order valence-corrected chi connectivity index (χ1v) is 10.9. The maximum Gasteiger partial charge on any atom is 0.308 e. The summed E-state index contributed by atoms with van der Waals surface area (Å²) in [5, 5.41) is 14.2. The van der Waals surface area contributed by atoms with Crippen LogP contribution in [0.1, 0.15) is 55.1 Å². The number of nitro benzene ring substituents is 1. The summed E-state index contributed by atoms with van der Waals surface area (Å²) in [6.45, 7) is 4.61. The first-order chi connectivity index (χ1) is 15.8. The fraction of sp³-hybridized carbons (Fsp3) is 0.417. The van der Waals surface area contributed by atoms with Crippen LogP contribution in [0, 0.1) is 10.1 Å². The van der Waals surface area contributed by atoms with Gasteiger partial charge in [0.1, 0.15) is 12.4 Å². The predicted octanol–water partition coefficient (Wildman–Crippen LogP) is 3.97. The standard InChI is InChI=1S/C24H28N2O7/c1-16(2)33-23(27)14-21(20-7-3-4-8-22(20)26(29)30)25-24(28)17-9-11-18(12-10-17)32-15-19-6-5-13-31-19/h3-4,7-12,16,19,21H,5-6,13-15H2,1-2H3,(H,25,28). The van der Waals surface area contributed by atoms with E-state index in [0.29, 0.717) is 17.9 Å². The second kappa shape index (κ2) is 11.4. The van der Waals surface area contributed by atoms with Gasteiger partial charge in [-0.3, -0.25) is 19.7 Å². The van der Waals surface area contributed by atoms with Gasteiger partial charge in [0.05, 0.1) is 35.2 Å². The van der Waals surface area contributed by atoms with Crippen LogP contribution in [0.15, 0.2) is 48.5 Å². The van der Waals surface area contributed by atoms with Gasteiger partial charge in [-0.1, -0.05) is 18.2 Å². The fourth-order valence-electron chi connectivity index (χ4n) is 3.57. The van der Waals surface area contributed by atoms with E-state index in [1.54, 1.807) is 44.2 Å². The van der Waals surface area contributed by atoms with Crippen LogP contribution >= 0.6 is 0 Å². The van der Waals surface area contributed by atoms with E-state index < -0.39 is 22.8 Å². The van der Waals surface area contributed by atoms with Crippen LogP contribution in [0.5, 0.6) is 5.75 Å². The number of hydrogen-bond acceptors (Lipinski definition) is 7. The molecule has 2 aromatic carbocycles.